The van der Waals surface area contributed by atoms with Gasteiger partial charge in [0.1, 0.15) is 0 Å². The van der Waals surface area contributed by atoms with Crippen LogP contribution in [0.15, 0.2) is 24.3 Å². The number of carbonyl (C=O) groups is 1. The molecular formula is C17H27N3O. The summed E-state index contributed by atoms with van der Waals surface area (Å²) < 4.78 is 0. The van der Waals surface area contributed by atoms with Crippen LogP contribution >= 0.6 is 0 Å². The maximum absolute atomic E-state index is 12.4. The molecule has 0 saturated carbocycles. The van der Waals surface area contributed by atoms with Gasteiger partial charge >= 0.3 is 6.03 Å². The molecule has 1 aliphatic heterocycles. The number of anilines is 1. The zero-order valence-electron chi connectivity index (χ0n) is 13.4. The molecule has 0 aliphatic carbocycles. The number of piperidine rings is 1. The van der Waals surface area contributed by atoms with Gasteiger partial charge in [-0.05, 0) is 43.9 Å². The van der Waals surface area contributed by atoms with E-state index in [4.69, 9.17) is 0 Å². The molecule has 1 aromatic carbocycles. The average molecular weight is 289 g/mol. The highest BCUT2D eigenvalue weighted by Crippen LogP contribution is 2.23. The Hall–Kier alpha value is -1.55. The summed E-state index contributed by atoms with van der Waals surface area (Å²) in [5.74, 6) is 0.598. The molecule has 4 nitrogen and oxygen atoms in total. The molecule has 1 aliphatic rings. The number of para-hydroxylation sites is 1. The van der Waals surface area contributed by atoms with Gasteiger partial charge in [-0.2, -0.15) is 0 Å². The van der Waals surface area contributed by atoms with E-state index in [1.807, 2.05) is 23.1 Å². The fourth-order valence-corrected chi connectivity index (χ4v) is 2.97. The molecule has 2 amide bonds. The third-order valence-electron chi connectivity index (χ3n) is 4.12. The Morgan fingerprint density at radius 3 is 2.90 bits per heavy atom. The summed E-state index contributed by atoms with van der Waals surface area (Å²) in [6, 6.07) is 8.29. The first kappa shape index (κ1) is 15.8. The molecule has 0 aromatic heterocycles. The zero-order valence-corrected chi connectivity index (χ0v) is 13.4. The second-order valence-electron chi connectivity index (χ2n) is 5.99. The van der Waals surface area contributed by atoms with Crippen LogP contribution in [0.2, 0.25) is 0 Å². The molecule has 2 unspecified atom stereocenters. The molecule has 0 spiro atoms. The summed E-state index contributed by atoms with van der Waals surface area (Å²) in [5, 5.41) is 6.48. The van der Waals surface area contributed by atoms with Crippen molar-refractivity contribution in [3.05, 3.63) is 29.8 Å². The molecule has 2 atom stereocenters. The van der Waals surface area contributed by atoms with Crippen LogP contribution in [0.1, 0.15) is 45.2 Å². The fraction of sp³-hybridized carbons (Fsp3) is 0.588. The minimum Gasteiger partial charge on any atom is -0.324 e. The van der Waals surface area contributed by atoms with E-state index in [1.165, 1.54) is 6.42 Å². The van der Waals surface area contributed by atoms with Gasteiger partial charge in [0.15, 0.2) is 0 Å². The van der Waals surface area contributed by atoms with Gasteiger partial charge < -0.3 is 15.5 Å². The number of hydrogen-bond acceptors (Lipinski definition) is 2. The number of benzene rings is 1. The van der Waals surface area contributed by atoms with Gasteiger partial charge in [0.05, 0.1) is 0 Å². The van der Waals surface area contributed by atoms with Crippen molar-refractivity contribution in [2.45, 2.75) is 39.7 Å². The Morgan fingerprint density at radius 1 is 1.43 bits per heavy atom. The second-order valence-corrected chi connectivity index (χ2v) is 5.99. The SMILES string of the molecule is CCNC(C)c1ccccc1NC(=O)N1CCCC(C)C1. The summed E-state index contributed by atoms with van der Waals surface area (Å²) in [6.07, 6.45) is 2.32. The monoisotopic (exact) mass is 289 g/mol. The average Bonchev–Trinajstić information content (AvgIpc) is 2.48. The summed E-state index contributed by atoms with van der Waals surface area (Å²) in [4.78, 5) is 14.4. The summed E-state index contributed by atoms with van der Waals surface area (Å²) in [6.45, 7) is 9.05. The van der Waals surface area contributed by atoms with Crippen molar-refractivity contribution in [3.8, 4) is 0 Å². The van der Waals surface area contributed by atoms with Crippen molar-refractivity contribution >= 4 is 11.7 Å². The van der Waals surface area contributed by atoms with Gasteiger partial charge in [0.25, 0.3) is 0 Å². The predicted octanol–water partition coefficient (Wildman–Crippen LogP) is 3.62. The predicted molar refractivity (Wildman–Crippen MR) is 87.5 cm³/mol. The molecule has 1 fully saturated rings. The highest BCUT2D eigenvalue weighted by Gasteiger charge is 2.21. The lowest BCUT2D eigenvalue weighted by molar-refractivity contribution is 0.182. The van der Waals surface area contributed by atoms with Crippen LogP contribution in [0, 0.1) is 5.92 Å². The molecule has 4 heteroatoms. The van der Waals surface area contributed by atoms with Crippen molar-refractivity contribution < 1.29 is 4.79 Å². The van der Waals surface area contributed by atoms with Crippen molar-refractivity contribution in [3.63, 3.8) is 0 Å². The summed E-state index contributed by atoms with van der Waals surface area (Å²) in [5.41, 5.74) is 2.05. The molecule has 2 rings (SSSR count). The lowest BCUT2D eigenvalue weighted by Crippen LogP contribution is -2.41. The molecule has 1 saturated heterocycles. The van der Waals surface area contributed by atoms with E-state index in [1.54, 1.807) is 0 Å². The zero-order chi connectivity index (χ0) is 15.2. The minimum atomic E-state index is 0.0256. The molecule has 21 heavy (non-hydrogen) atoms. The molecule has 1 heterocycles. The smallest absolute Gasteiger partial charge is 0.321 e. The van der Waals surface area contributed by atoms with Crippen LogP contribution in [0.25, 0.3) is 0 Å². The highest BCUT2D eigenvalue weighted by molar-refractivity contribution is 5.90. The third kappa shape index (κ3) is 4.21. The Labute approximate surface area is 127 Å². The minimum absolute atomic E-state index is 0.0256. The van der Waals surface area contributed by atoms with E-state index in [2.05, 4.69) is 37.5 Å². The van der Waals surface area contributed by atoms with E-state index < -0.39 is 0 Å². The topological polar surface area (TPSA) is 44.4 Å². The van der Waals surface area contributed by atoms with E-state index in [-0.39, 0.29) is 12.1 Å². The largest absolute Gasteiger partial charge is 0.324 e. The van der Waals surface area contributed by atoms with Gasteiger partial charge in [-0.25, -0.2) is 4.79 Å². The van der Waals surface area contributed by atoms with E-state index in [0.29, 0.717) is 5.92 Å². The molecule has 116 valence electrons. The van der Waals surface area contributed by atoms with E-state index >= 15 is 0 Å². The Balaban J connectivity index is 2.06. The normalized spacial score (nSPS) is 20.1. The van der Waals surface area contributed by atoms with Gasteiger partial charge in [-0.3, -0.25) is 0 Å². The molecule has 1 aromatic rings. The number of rotatable bonds is 4. The number of likely N-dealkylation sites (tertiary alicyclic amines) is 1. The first-order chi connectivity index (χ1) is 10.1. The second kappa shape index (κ2) is 7.46. The first-order valence-electron chi connectivity index (χ1n) is 8.00. The number of amides is 2. The number of nitrogens with zero attached hydrogens (tertiary/aromatic N) is 1. The van der Waals surface area contributed by atoms with Crippen LogP contribution in [-0.2, 0) is 0 Å². The Bertz CT molecular complexity index is 475. The number of carbonyl (C=O) groups excluding carboxylic acids is 1. The number of nitrogens with one attached hydrogen (secondary N) is 2. The van der Waals surface area contributed by atoms with Gasteiger partial charge in [0, 0.05) is 24.8 Å². The van der Waals surface area contributed by atoms with Crippen molar-refractivity contribution in [1.29, 1.82) is 0 Å². The lowest BCUT2D eigenvalue weighted by atomic mass is 10.0. The van der Waals surface area contributed by atoms with Gasteiger partial charge in [-0.1, -0.05) is 32.0 Å². The molecule has 0 radical (unpaired) electrons. The van der Waals surface area contributed by atoms with Crippen LogP contribution < -0.4 is 10.6 Å². The fourth-order valence-electron chi connectivity index (χ4n) is 2.97. The van der Waals surface area contributed by atoms with Crippen molar-refractivity contribution in [2.24, 2.45) is 5.92 Å². The standard InChI is InChI=1S/C17H27N3O/c1-4-18-14(3)15-9-5-6-10-16(15)19-17(21)20-11-7-8-13(2)12-20/h5-6,9-10,13-14,18H,4,7-8,11-12H2,1-3H3,(H,19,21). The number of hydrogen-bond donors (Lipinski definition) is 2. The maximum Gasteiger partial charge on any atom is 0.321 e. The van der Waals surface area contributed by atoms with Gasteiger partial charge in [0.2, 0.25) is 0 Å². The summed E-state index contributed by atoms with van der Waals surface area (Å²) in [7, 11) is 0. The van der Waals surface area contributed by atoms with E-state index in [9.17, 15) is 4.79 Å². The van der Waals surface area contributed by atoms with E-state index in [0.717, 1.165) is 37.3 Å². The van der Waals surface area contributed by atoms with Crippen LogP contribution in [0.4, 0.5) is 10.5 Å². The van der Waals surface area contributed by atoms with Crippen LogP contribution in [-0.4, -0.2) is 30.6 Å². The van der Waals surface area contributed by atoms with Gasteiger partial charge in [-0.15, -0.1) is 0 Å². The highest BCUT2D eigenvalue weighted by atomic mass is 16.2. The molecule has 2 N–H and O–H groups in total. The van der Waals surface area contributed by atoms with Crippen LogP contribution in [0.3, 0.4) is 0 Å². The maximum atomic E-state index is 12.4. The molecule has 0 bridgehead atoms. The quantitative estimate of drug-likeness (QED) is 0.889. The van der Waals surface area contributed by atoms with Crippen LogP contribution in [0.5, 0.6) is 0 Å². The summed E-state index contributed by atoms with van der Waals surface area (Å²) >= 11 is 0. The molecular weight excluding hydrogens is 262 g/mol. The first-order valence-corrected chi connectivity index (χ1v) is 8.00. The Morgan fingerprint density at radius 2 is 2.19 bits per heavy atom. The Kier molecular flexibility index (Phi) is 5.62. The lowest BCUT2D eigenvalue weighted by Gasteiger charge is -2.31. The van der Waals surface area contributed by atoms with Crippen molar-refractivity contribution in [1.82, 2.24) is 10.2 Å². The third-order valence-corrected chi connectivity index (χ3v) is 4.12. The number of urea groups is 1. The van der Waals surface area contributed by atoms with Crippen molar-refractivity contribution in [2.75, 3.05) is 25.0 Å².